The zero-order valence-corrected chi connectivity index (χ0v) is 9.83. The van der Waals surface area contributed by atoms with Crippen molar-refractivity contribution in [2.45, 2.75) is 24.9 Å². The molecule has 2 atom stereocenters. The van der Waals surface area contributed by atoms with E-state index in [1.807, 2.05) is 24.3 Å². The molecule has 1 fully saturated rings. The molecule has 4 heteroatoms. The van der Waals surface area contributed by atoms with E-state index in [0.717, 1.165) is 23.4 Å². The van der Waals surface area contributed by atoms with Crippen LogP contribution in [0.15, 0.2) is 24.3 Å². The summed E-state index contributed by atoms with van der Waals surface area (Å²) in [6.45, 7) is 0. The lowest BCUT2D eigenvalue weighted by Gasteiger charge is -2.13. The maximum Gasteiger partial charge on any atom is 0.322 e. The van der Waals surface area contributed by atoms with Crippen LogP contribution in [-0.2, 0) is 9.53 Å². The van der Waals surface area contributed by atoms with Gasteiger partial charge in [0.2, 0.25) is 0 Å². The molecule has 1 heterocycles. The van der Waals surface area contributed by atoms with E-state index in [2.05, 4.69) is 5.32 Å². The average Bonchev–Trinajstić information content (AvgIpc) is 2.78. The highest BCUT2D eigenvalue weighted by atomic mass is 35.5. The zero-order valence-electron chi connectivity index (χ0n) is 9.07. The molecule has 16 heavy (non-hydrogen) atoms. The van der Waals surface area contributed by atoms with E-state index in [-0.39, 0.29) is 18.1 Å². The van der Waals surface area contributed by atoms with E-state index in [1.54, 1.807) is 0 Å². The molecule has 1 aromatic rings. The molecule has 1 aliphatic heterocycles. The molecule has 1 N–H and O–H groups in total. The first-order chi connectivity index (χ1) is 7.70. The molecular formula is C12H14ClNO2. The summed E-state index contributed by atoms with van der Waals surface area (Å²) in [6.07, 6.45) is 1.77. The van der Waals surface area contributed by atoms with Crippen molar-refractivity contribution in [2.75, 3.05) is 7.11 Å². The van der Waals surface area contributed by atoms with Gasteiger partial charge in [0.15, 0.2) is 0 Å². The first kappa shape index (κ1) is 11.4. The van der Waals surface area contributed by atoms with Gasteiger partial charge in [0.05, 0.1) is 7.11 Å². The van der Waals surface area contributed by atoms with Gasteiger partial charge in [0.25, 0.3) is 0 Å². The molecule has 1 saturated heterocycles. The van der Waals surface area contributed by atoms with E-state index < -0.39 is 0 Å². The maximum absolute atomic E-state index is 11.3. The van der Waals surface area contributed by atoms with Gasteiger partial charge in [-0.15, -0.1) is 0 Å². The van der Waals surface area contributed by atoms with E-state index in [1.165, 1.54) is 7.11 Å². The number of ether oxygens (including phenoxy) is 1. The molecule has 0 radical (unpaired) electrons. The molecule has 0 saturated carbocycles. The third kappa shape index (κ3) is 2.36. The quantitative estimate of drug-likeness (QED) is 0.805. The lowest BCUT2D eigenvalue weighted by atomic mass is 10.1. The largest absolute Gasteiger partial charge is 0.468 e. The van der Waals surface area contributed by atoms with Crippen molar-refractivity contribution in [3.8, 4) is 0 Å². The van der Waals surface area contributed by atoms with Crippen LogP contribution in [0.1, 0.15) is 24.4 Å². The Morgan fingerprint density at radius 3 is 2.69 bits per heavy atom. The van der Waals surface area contributed by atoms with Gasteiger partial charge >= 0.3 is 5.97 Å². The number of carbonyl (C=O) groups is 1. The molecule has 1 aromatic carbocycles. The number of rotatable bonds is 2. The van der Waals surface area contributed by atoms with Crippen molar-refractivity contribution in [3.63, 3.8) is 0 Å². The fourth-order valence-corrected chi connectivity index (χ4v) is 2.15. The van der Waals surface area contributed by atoms with Crippen molar-refractivity contribution in [1.82, 2.24) is 5.32 Å². The van der Waals surface area contributed by atoms with Gasteiger partial charge in [0.1, 0.15) is 6.04 Å². The predicted molar refractivity (Wildman–Crippen MR) is 62.4 cm³/mol. The minimum absolute atomic E-state index is 0.175. The summed E-state index contributed by atoms with van der Waals surface area (Å²) in [7, 11) is 1.42. The van der Waals surface area contributed by atoms with Crippen LogP contribution in [0, 0.1) is 0 Å². The predicted octanol–water partition coefficient (Wildman–Crippen LogP) is 2.31. The van der Waals surface area contributed by atoms with E-state index in [4.69, 9.17) is 16.3 Å². The SMILES string of the molecule is COC(=O)C1CCC(c2ccc(Cl)cc2)N1. The summed E-state index contributed by atoms with van der Waals surface area (Å²) in [5, 5.41) is 3.99. The Morgan fingerprint density at radius 2 is 2.06 bits per heavy atom. The molecule has 86 valence electrons. The first-order valence-electron chi connectivity index (χ1n) is 5.30. The lowest BCUT2D eigenvalue weighted by Crippen LogP contribution is -2.33. The second-order valence-corrected chi connectivity index (χ2v) is 4.36. The Hall–Kier alpha value is -1.06. The fourth-order valence-electron chi connectivity index (χ4n) is 2.03. The molecule has 2 rings (SSSR count). The monoisotopic (exact) mass is 239 g/mol. The highest BCUT2D eigenvalue weighted by Crippen LogP contribution is 2.27. The molecule has 0 aliphatic carbocycles. The number of hydrogen-bond acceptors (Lipinski definition) is 3. The zero-order chi connectivity index (χ0) is 11.5. The van der Waals surface area contributed by atoms with Crippen LogP contribution in [0.25, 0.3) is 0 Å². The summed E-state index contributed by atoms with van der Waals surface area (Å²) in [6, 6.07) is 7.75. The second-order valence-electron chi connectivity index (χ2n) is 3.92. The molecule has 1 aliphatic rings. The summed E-state index contributed by atoms with van der Waals surface area (Å²) in [4.78, 5) is 11.3. The number of carbonyl (C=O) groups excluding carboxylic acids is 1. The summed E-state index contributed by atoms with van der Waals surface area (Å²) >= 11 is 5.83. The normalized spacial score (nSPS) is 24.4. The Morgan fingerprint density at radius 1 is 1.38 bits per heavy atom. The minimum atomic E-state index is -0.184. The van der Waals surface area contributed by atoms with Gasteiger partial charge in [-0.3, -0.25) is 10.1 Å². The standard InChI is InChI=1S/C12H14ClNO2/c1-16-12(15)11-7-6-10(14-11)8-2-4-9(13)5-3-8/h2-5,10-11,14H,6-7H2,1H3. The molecule has 0 bridgehead atoms. The highest BCUT2D eigenvalue weighted by Gasteiger charge is 2.30. The Labute approximate surface area is 99.7 Å². The Bertz CT molecular complexity index is 377. The van der Waals surface area contributed by atoms with Crippen LogP contribution in [0.4, 0.5) is 0 Å². The van der Waals surface area contributed by atoms with Crippen molar-refractivity contribution >= 4 is 17.6 Å². The number of nitrogens with one attached hydrogen (secondary N) is 1. The van der Waals surface area contributed by atoms with E-state index in [0.29, 0.717) is 0 Å². The lowest BCUT2D eigenvalue weighted by molar-refractivity contribution is -0.142. The average molecular weight is 240 g/mol. The van der Waals surface area contributed by atoms with Crippen LogP contribution in [0.3, 0.4) is 0 Å². The molecule has 0 aromatic heterocycles. The summed E-state index contributed by atoms with van der Waals surface area (Å²) in [5.41, 5.74) is 1.16. The van der Waals surface area contributed by atoms with Gasteiger partial charge in [-0.2, -0.15) is 0 Å². The van der Waals surface area contributed by atoms with E-state index in [9.17, 15) is 4.79 Å². The number of benzene rings is 1. The second kappa shape index (κ2) is 4.85. The number of methoxy groups -OCH3 is 1. The molecular weight excluding hydrogens is 226 g/mol. The molecule has 0 amide bonds. The Balaban J connectivity index is 2.03. The fraction of sp³-hybridized carbons (Fsp3) is 0.417. The maximum atomic E-state index is 11.3. The van der Waals surface area contributed by atoms with E-state index >= 15 is 0 Å². The van der Waals surface area contributed by atoms with Crippen LogP contribution in [0.5, 0.6) is 0 Å². The smallest absolute Gasteiger partial charge is 0.322 e. The summed E-state index contributed by atoms with van der Waals surface area (Å²) in [5.74, 6) is -0.184. The molecule has 2 unspecified atom stereocenters. The number of halogens is 1. The van der Waals surface area contributed by atoms with Gasteiger partial charge in [-0.25, -0.2) is 0 Å². The van der Waals surface area contributed by atoms with Crippen molar-refractivity contribution in [3.05, 3.63) is 34.9 Å². The summed E-state index contributed by atoms with van der Waals surface area (Å²) < 4.78 is 4.71. The topological polar surface area (TPSA) is 38.3 Å². The highest BCUT2D eigenvalue weighted by molar-refractivity contribution is 6.30. The first-order valence-corrected chi connectivity index (χ1v) is 5.68. The molecule has 0 spiro atoms. The molecule has 3 nitrogen and oxygen atoms in total. The number of esters is 1. The number of hydrogen-bond donors (Lipinski definition) is 1. The van der Waals surface area contributed by atoms with Gasteiger partial charge in [0, 0.05) is 11.1 Å². The van der Waals surface area contributed by atoms with Gasteiger partial charge in [-0.05, 0) is 30.5 Å². The van der Waals surface area contributed by atoms with Crippen molar-refractivity contribution < 1.29 is 9.53 Å². The van der Waals surface area contributed by atoms with Gasteiger partial charge < -0.3 is 4.74 Å². The van der Waals surface area contributed by atoms with Crippen LogP contribution in [-0.4, -0.2) is 19.1 Å². The third-order valence-corrected chi connectivity index (χ3v) is 3.16. The minimum Gasteiger partial charge on any atom is -0.468 e. The third-order valence-electron chi connectivity index (χ3n) is 2.90. The Kier molecular flexibility index (Phi) is 3.46. The van der Waals surface area contributed by atoms with Crippen molar-refractivity contribution in [2.24, 2.45) is 0 Å². The van der Waals surface area contributed by atoms with Crippen LogP contribution in [0.2, 0.25) is 5.02 Å². The van der Waals surface area contributed by atoms with Crippen molar-refractivity contribution in [1.29, 1.82) is 0 Å². The van der Waals surface area contributed by atoms with Crippen LogP contribution < -0.4 is 5.32 Å². The van der Waals surface area contributed by atoms with Gasteiger partial charge in [-0.1, -0.05) is 23.7 Å². The van der Waals surface area contributed by atoms with Crippen LogP contribution >= 0.6 is 11.6 Å².